The van der Waals surface area contributed by atoms with E-state index in [4.69, 9.17) is 15.9 Å². The van der Waals surface area contributed by atoms with Crippen molar-refractivity contribution < 1.29 is 22.7 Å². The van der Waals surface area contributed by atoms with Crippen molar-refractivity contribution in [3.63, 3.8) is 0 Å². The van der Waals surface area contributed by atoms with E-state index < -0.39 is 15.9 Å². The number of sulfonamides is 1. The number of thiazole rings is 1. The first-order valence-corrected chi connectivity index (χ1v) is 13.0. The smallest absolute Gasteiger partial charge is 0.252 e. The third kappa shape index (κ3) is 4.46. The number of hydrogen-bond donors (Lipinski definition) is 0. The van der Waals surface area contributed by atoms with Crippen LogP contribution >= 0.6 is 11.3 Å². The second-order valence-corrected chi connectivity index (χ2v) is 10.7. The highest BCUT2D eigenvalue weighted by Crippen LogP contribution is 2.35. The third-order valence-corrected chi connectivity index (χ3v) is 8.73. The number of carbonyl (C=O) groups excluding carboxylic acids is 1. The maximum absolute atomic E-state index is 13.2. The molecule has 0 saturated carbocycles. The zero-order chi connectivity index (χ0) is 24.3. The molecule has 0 bridgehead atoms. The Hall–Kier alpha value is -3.13. The van der Waals surface area contributed by atoms with Gasteiger partial charge < -0.3 is 14.0 Å². The lowest BCUT2D eigenvalue weighted by atomic mass is 9.99. The first-order valence-electron chi connectivity index (χ1n) is 10.7. The van der Waals surface area contributed by atoms with Gasteiger partial charge in [0.15, 0.2) is 4.80 Å². The van der Waals surface area contributed by atoms with E-state index in [2.05, 4.69) is 10.9 Å². The van der Waals surface area contributed by atoms with Crippen LogP contribution in [0, 0.1) is 18.3 Å². The number of benzene rings is 2. The van der Waals surface area contributed by atoms with E-state index in [9.17, 15) is 13.2 Å². The molecule has 1 saturated heterocycles. The fraction of sp³-hybridized carbons (Fsp3) is 0.333. The average molecular weight is 500 g/mol. The lowest BCUT2D eigenvalue weighted by Crippen LogP contribution is -2.42. The summed E-state index contributed by atoms with van der Waals surface area (Å²) < 4.78 is 41.0. The molecule has 1 aliphatic heterocycles. The molecule has 0 N–H and O–H groups in total. The highest BCUT2D eigenvalue weighted by atomic mass is 32.2. The van der Waals surface area contributed by atoms with Crippen LogP contribution < -0.4 is 14.3 Å². The van der Waals surface area contributed by atoms with Crippen LogP contribution in [0.2, 0.25) is 0 Å². The summed E-state index contributed by atoms with van der Waals surface area (Å²) in [5.41, 5.74) is 0.702. The lowest BCUT2D eigenvalue weighted by molar-refractivity contribution is -0.122. The van der Waals surface area contributed by atoms with Gasteiger partial charge in [-0.2, -0.15) is 9.30 Å². The molecule has 10 heteroatoms. The molecule has 1 unspecified atom stereocenters. The zero-order valence-corrected chi connectivity index (χ0v) is 20.6. The molecule has 0 aliphatic carbocycles. The standard InChI is InChI=1S/C24H25N3O5S2/c1-4-14-27-21-19(31-2)12-13-20(32-3)22(21)33-24(27)25-23(28)17-9-8-15-26(16-17)34(29,30)18-10-6-5-7-11-18/h1,5-7,10-13,17H,8-9,14-16H2,2-3H3. The molecule has 8 nitrogen and oxygen atoms in total. The number of aromatic nitrogens is 1. The number of piperidine rings is 1. The molecule has 1 atom stereocenters. The summed E-state index contributed by atoms with van der Waals surface area (Å²) in [5.74, 6) is 2.91. The minimum Gasteiger partial charge on any atom is -0.495 e. The van der Waals surface area contributed by atoms with Crippen LogP contribution in [0.4, 0.5) is 0 Å². The van der Waals surface area contributed by atoms with Crippen molar-refractivity contribution in [2.24, 2.45) is 10.9 Å². The van der Waals surface area contributed by atoms with Crippen LogP contribution in [-0.2, 0) is 21.4 Å². The summed E-state index contributed by atoms with van der Waals surface area (Å²) in [6, 6.07) is 11.8. The van der Waals surface area contributed by atoms with E-state index in [1.807, 2.05) is 0 Å². The topological polar surface area (TPSA) is 90.2 Å². The molecule has 1 aliphatic rings. The van der Waals surface area contributed by atoms with E-state index in [-0.39, 0.29) is 23.9 Å². The van der Waals surface area contributed by atoms with Crippen molar-refractivity contribution in [3.05, 3.63) is 47.3 Å². The van der Waals surface area contributed by atoms with Crippen molar-refractivity contribution in [1.29, 1.82) is 0 Å². The molecule has 34 heavy (non-hydrogen) atoms. The van der Waals surface area contributed by atoms with Gasteiger partial charge >= 0.3 is 0 Å². The van der Waals surface area contributed by atoms with Crippen molar-refractivity contribution in [3.8, 4) is 23.8 Å². The highest BCUT2D eigenvalue weighted by Gasteiger charge is 2.33. The summed E-state index contributed by atoms with van der Waals surface area (Å²) in [6.07, 6.45) is 6.74. The minimum absolute atomic E-state index is 0.0895. The van der Waals surface area contributed by atoms with E-state index in [1.54, 1.807) is 61.3 Å². The number of nitrogens with zero attached hydrogens (tertiary/aromatic N) is 3. The van der Waals surface area contributed by atoms with Crippen molar-refractivity contribution >= 4 is 37.5 Å². The first-order chi connectivity index (χ1) is 16.4. The van der Waals surface area contributed by atoms with E-state index >= 15 is 0 Å². The van der Waals surface area contributed by atoms with Gasteiger partial charge in [0.2, 0.25) is 10.0 Å². The SMILES string of the molecule is C#CCn1c(=NC(=O)C2CCCN(S(=O)(=O)c3ccccc3)C2)sc2c(OC)ccc(OC)c21. The van der Waals surface area contributed by atoms with Gasteiger partial charge in [0.25, 0.3) is 5.91 Å². The maximum atomic E-state index is 13.2. The van der Waals surface area contributed by atoms with Gasteiger partial charge in [0, 0.05) is 13.1 Å². The summed E-state index contributed by atoms with van der Waals surface area (Å²) in [7, 11) is -0.551. The molecule has 1 amide bonds. The van der Waals surface area contributed by atoms with Gasteiger partial charge in [-0.3, -0.25) is 4.79 Å². The van der Waals surface area contributed by atoms with Crippen LogP contribution in [0.1, 0.15) is 12.8 Å². The van der Waals surface area contributed by atoms with Crippen LogP contribution in [0.25, 0.3) is 10.2 Å². The fourth-order valence-corrected chi connectivity index (χ4v) is 6.76. The number of fused-ring (bicyclic) bond motifs is 1. The Labute approximate surface area is 202 Å². The molecule has 2 aromatic carbocycles. The Balaban J connectivity index is 1.71. The van der Waals surface area contributed by atoms with Gasteiger partial charge in [0.1, 0.15) is 21.7 Å². The Kier molecular flexibility index (Phi) is 7.07. The Morgan fingerprint density at radius 2 is 1.88 bits per heavy atom. The Bertz CT molecular complexity index is 1420. The van der Waals surface area contributed by atoms with Crippen molar-refractivity contribution in [2.45, 2.75) is 24.3 Å². The van der Waals surface area contributed by atoms with Crippen LogP contribution in [0.15, 0.2) is 52.4 Å². The fourth-order valence-electron chi connectivity index (χ4n) is 4.07. The number of methoxy groups -OCH3 is 2. The molecular formula is C24H25N3O5S2. The van der Waals surface area contributed by atoms with Crippen LogP contribution in [0.3, 0.4) is 0 Å². The quantitative estimate of drug-likeness (QED) is 0.487. The van der Waals surface area contributed by atoms with E-state index in [1.165, 1.54) is 15.6 Å². The Morgan fingerprint density at radius 1 is 1.18 bits per heavy atom. The van der Waals surface area contributed by atoms with Crippen LogP contribution in [-0.4, -0.2) is 50.5 Å². The number of amides is 1. The molecule has 0 spiro atoms. The normalized spacial score (nSPS) is 17.4. The second-order valence-electron chi connectivity index (χ2n) is 7.79. The summed E-state index contributed by atoms with van der Waals surface area (Å²) >= 11 is 1.28. The number of carbonyl (C=O) groups is 1. The Morgan fingerprint density at radius 3 is 2.56 bits per heavy atom. The van der Waals surface area contributed by atoms with Gasteiger partial charge in [-0.1, -0.05) is 35.5 Å². The second kappa shape index (κ2) is 10.0. The first kappa shape index (κ1) is 24.0. The van der Waals surface area contributed by atoms with Gasteiger partial charge in [-0.15, -0.1) is 6.42 Å². The highest BCUT2D eigenvalue weighted by molar-refractivity contribution is 7.89. The number of terminal acetylenes is 1. The lowest BCUT2D eigenvalue weighted by Gasteiger charge is -2.30. The van der Waals surface area contributed by atoms with Gasteiger partial charge in [-0.05, 0) is 37.1 Å². The predicted molar refractivity (Wildman–Crippen MR) is 130 cm³/mol. The van der Waals surface area contributed by atoms with Crippen LogP contribution in [0.5, 0.6) is 11.5 Å². The van der Waals surface area contributed by atoms with Gasteiger partial charge in [0.05, 0.1) is 31.6 Å². The monoisotopic (exact) mass is 499 g/mol. The molecule has 4 rings (SSSR count). The minimum atomic E-state index is -3.68. The molecule has 3 aromatic rings. The predicted octanol–water partition coefficient (Wildman–Crippen LogP) is 2.88. The largest absolute Gasteiger partial charge is 0.495 e. The molecule has 1 fully saturated rings. The van der Waals surface area contributed by atoms with E-state index in [0.29, 0.717) is 41.2 Å². The molecule has 2 heterocycles. The maximum Gasteiger partial charge on any atom is 0.252 e. The van der Waals surface area contributed by atoms with Crippen molar-refractivity contribution in [2.75, 3.05) is 27.3 Å². The molecule has 178 valence electrons. The van der Waals surface area contributed by atoms with Gasteiger partial charge in [-0.25, -0.2) is 8.42 Å². The summed E-state index contributed by atoms with van der Waals surface area (Å²) in [4.78, 5) is 18.2. The zero-order valence-electron chi connectivity index (χ0n) is 18.9. The molecular weight excluding hydrogens is 474 g/mol. The molecule has 0 radical (unpaired) electrons. The third-order valence-electron chi connectivity index (χ3n) is 5.76. The number of rotatable bonds is 6. The summed E-state index contributed by atoms with van der Waals surface area (Å²) in [6.45, 7) is 0.649. The number of hydrogen-bond acceptors (Lipinski definition) is 6. The van der Waals surface area contributed by atoms with E-state index in [0.717, 1.165) is 4.70 Å². The number of ether oxygens (including phenoxy) is 2. The summed E-state index contributed by atoms with van der Waals surface area (Å²) in [5, 5.41) is 0. The van der Waals surface area contributed by atoms with Crippen molar-refractivity contribution in [1.82, 2.24) is 8.87 Å². The average Bonchev–Trinajstić information content (AvgIpc) is 3.22. The molecule has 1 aromatic heterocycles.